The standard InChI is InChI=1S/C25H23BrClN3O2/c26-18-10-11-23(21(16-18)25(32)20-8-4-5-9-22(20)27)28-24(31)17-29-12-14-30(15-13-29)19-6-2-1-3-7-19/h1-11,16H,12-15,17H2,(H,28,31). The van der Waals surface area contributed by atoms with Gasteiger partial charge in [0.2, 0.25) is 5.91 Å². The van der Waals surface area contributed by atoms with Gasteiger partial charge in [-0.05, 0) is 42.5 Å². The first-order valence-corrected chi connectivity index (χ1v) is 11.6. The highest BCUT2D eigenvalue weighted by Crippen LogP contribution is 2.27. The molecule has 32 heavy (non-hydrogen) atoms. The van der Waals surface area contributed by atoms with Crippen molar-refractivity contribution in [3.63, 3.8) is 0 Å². The van der Waals surface area contributed by atoms with E-state index in [0.717, 1.165) is 30.7 Å². The van der Waals surface area contributed by atoms with E-state index >= 15 is 0 Å². The number of halogens is 2. The van der Waals surface area contributed by atoms with Crippen LogP contribution in [0.1, 0.15) is 15.9 Å². The molecule has 4 rings (SSSR count). The smallest absolute Gasteiger partial charge is 0.238 e. The van der Waals surface area contributed by atoms with Crippen LogP contribution in [0, 0.1) is 0 Å². The molecule has 1 aliphatic rings. The van der Waals surface area contributed by atoms with Gasteiger partial charge in [-0.2, -0.15) is 0 Å². The van der Waals surface area contributed by atoms with Gasteiger partial charge in [0, 0.05) is 47.5 Å². The molecular formula is C25H23BrClN3O2. The van der Waals surface area contributed by atoms with Crippen molar-refractivity contribution >= 4 is 50.6 Å². The molecule has 0 atom stereocenters. The summed E-state index contributed by atoms with van der Waals surface area (Å²) < 4.78 is 0.753. The van der Waals surface area contributed by atoms with Gasteiger partial charge in [0.15, 0.2) is 5.78 Å². The van der Waals surface area contributed by atoms with E-state index in [4.69, 9.17) is 11.6 Å². The predicted octanol–water partition coefficient (Wildman–Crippen LogP) is 5.09. The van der Waals surface area contributed by atoms with E-state index in [1.165, 1.54) is 5.69 Å². The van der Waals surface area contributed by atoms with Crippen LogP contribution >= 0.6 is 27.5 Å². The first-order chi connectivity index (χ1) is 15.5. The SMILES string of the molecule is O=C(CN1CCN(c2ccccc2)CC1)Nc1ccc(Br)cc1C(=O)c1ccccc1Cl. The molecule has 0 spiro atoms. The van der Waals surface area contributed by atoms with Gasteiger partial charge in [-0.25, -0.2) is 0 Å². The molecule has 0 aliphatic carbocycles. The third kappa shape index (κ3) is 5.38. The summed E-state index contributed by atoms with van der Waals surface area (Å²) in [4.78, 5) is 30.3. The first-order valence-electron chi connectivity index (χ1n) is 10.4. The van der Waals surface area contributed by atoms with Crippen LogP contribution < -0.4 is 10.2 Å². The Labute approximate surface area is 201 Å². The molecule has 1 saturated heterocycles. The number of benzene rings is 3. The van der Waals surface area contributed by atoms with Gasteiger partial charge in [0.1, 0.15) is 0 Å². The van der Waals surface area contributed by atoms with Crippen LogP contribution in [-0.2, 0) is 4.79 Å². The Bertz CT molecular complexity index is 1120. The normalized spacial score (nSPS) is 14.2. The van der Waals surface area contributed by atoms with Gasteiger partial charge in [-0.3, -0.25) is 14.5 Å². The zero-order valence-corrected chi connectivity index (χ0v) is 19.8. The van der Waals surface area contributed by atoms with Crippen LogP contribution in [0.25, 0.3) is 0 Å². The topological polar surface area (TPSA) is 52.7 Å². The number of hydrogen-bond acceptors (Lipinski definition) is 4. The second-order valence-corrected chi connectivity index (χ2v) is 8.97. The second kappa shape index (κ2) is 10.3. The van der Waals surface area contributed by atoms with Gasteiger partial charge in [-0.15, -0.1) is 0 Å². The van der Waals surface area contributed by atoms with Gasteiger partial charge in [-0.1, -0.05) is 57.9 Å². The number of nitrogens with zero attached hydrogens (tertiary/aromatic N) is 2. The molecule has 1 aliphatic heterocycles. The molecule has 0 unspecified atom stereocenters. The molecule has 3 aromatic rings. The van der Waals surface area contributed by atoms with Gasteiger partial charge in [0.25, 0.3) is 0 Å². The molecule has 164 valence electrons. The third-order valence-corrected chi connectivity index (χ3v) is 6.30. The van der Waals surface area contributed by atoms with Crippen molar-refractivity contribution < 1.29 is 9.59 Å². The maximum atomic E-state index is 13.1. The number of amides is 1. The third-order valence-electron chi connectivity index (χ3n) is 5.48. The van der Waals surface area contributed by atoms with Crippen molar-refractivity contribution in [1.29, 1.82) is 0 Å². The summed E-state index contributed by atoms with van der Waals surface area (Å²) in [6.45, 7) is 3.61. The Morgan fingerprint density at radius 1 is 0.875 bits per heavy atom. The molecule has 0 aromatic heterocycles. The second-order valence-electron chi connectivity index (χ2n) is 7.65. The number of anilines is 2. The highest BCUT2D eigenvalue weighted by molar-refractivity contribution is 9.10. The number of nitrogens with one attached hydrogen (secondary N) is 1. The van der Waals surface area contributed by atoms with Crippen molar-refractivity contribution in [1.82, 2.24) is 4.90 Å². The average Bonchev–Trinajstić information content (AvgIpc) is 2.81. The van der Waals surface area contributed by atoms with E-state index in [1.807, 2.05) is 18.2 Å². The molecule has 1 amide bonds. The van der Waals surface area contributed by atoms with Crippen LogP contribution in [0.5, 0.6) is 0 Å². The minimum atomic E-state index is -0.233. The summed E-state index contributed by atoms with van der Waals surface area (Å²) in [6.07, 6.45) is 0. The first kappa shape index (κ1) is 22.5. The number of rotatable bonds is 6. The fourth-order valence-corrected chi connectivity index (χ4v) is 4.38. The minimum Gasteiger partial charge on any atom is -0.369 e. The summed E-state index contributed by atoms with van der Waals surface area (Å²) >= 11 is 9.64. The summed E-state index contributed by atoms with van der Waals surface area (Å²) in [5.74, 6) is -0.377. The van der Waals surface area contributed by atoms with E-state index in [2.05, 4.69) is 43.2 Å². The molecule has 1 N–H and O–H groups in total. The summed E-state index contributed by atoms with van der Waals surface area (Å²) in [5.41, 5.74) is 2.48. The fraction of sp³-hybridized carbons (Fsp3) is 0.200. The molecular weight excluding hydrogens is 490 g/mol. The van der Waals surface area contributed by atoms with Crippen LogP contribution in [0.4, 0.5) is 11.4 Å². The molecule has 7 heteroatoms. The van der Waals surface area contributed by atoms with Crippen molar-refractivity contribution in [2.45, 2.75) is 0 Å². The number of carbonyl (C=O) groups excluding carboxylic acids is 2. The summed E-state index contributed by atoms with van der Waals surface area (Å²) in [6, 6.07) is 22.5. The number of ketones is 1. The Hall–Kier alpha value is -2.67. The van der Waals surface area contributed by atoms with Crippen molar-refractivity contribution in [3.05, 3.63) is 93.4 Å². The van der Waals surface area contributed by atoms with Crippen molar-refractivity contribution in [2.75, 3.05) is 42.9 Å². The molecule has 0 radical (unpaired) electrons. The van der Waals surface area contributed by atoms with Crippen LogP contribution in [0.15, 0.2) is 77.3 Å². The van der Waals surface area contributed by atoms with E-state index in [-0.39, 0.29) is 18.2 Å². The largest absolute Gasteiger partial charge is 0.369 e. The van der Waals surface area contributed by atoms with Gasteiger partial charge < -0.3 is 10.2 Å². The van der Waals surface area contributed by atoms with Crippen LogP contribution in [0.2, 0.25) is 5.02 Å². The highest BCUT2D eigenvalue weighted by atomic mass is 79.9. The Morgan fingerprint density at radius 2 is 1.56 bits per heavy atom. The highest BCUT2D eigenvalue weighted by Gasteiger charge is 2.21. The van der Waals surface area contributed by atoms with Gasteiger partial charge >= 0.3 is 0 Å². The summed E-state index contributed by atoms with van der Waals surface area (Å²) in [7, 11) is 0. The molecule has 0 bridgehead atoms. The number of para-hydroxylation sites is 1. The number of piperazine rings is 1. The zero-order valence-electron chi connectivity index (χ0n) is 17.4. The van der Waals surface area contributed by atoms with E-state index in [9.17, 15) is 9.59 Å². The Balaban J connectivity index is 1.41. The Kier molecular flexibility index (Phi) is 7.25. The fourth-order valence-electron chi connectivity index (χ4n) is 3.80. The van der Waals surface area contributed by atoms with Crippen LogP contribution in [0.3, 0.4) is 0 Å². The molecule has 1 heterocycles. The maximum Gasteiger partial charge on any atom is 0.238 e. The molecule has 5 nitrogen and oxygen atoms in total. The maximum absolute atomic E-state index is 13.1. The number of hydrogen-bond donors (Lipinski definition) is 1. The van der Waals surface area contributed by atoms with Crippen LogP contribution in [-0.4, -0.2) is 49.3 Å². The monoisotopic (exact) mass is 511 g/mol. The lowest BCUT2D eigenvalue weighted by Gasteiger charge is -2.35. The summed E-state index contributed by atoms with van der Waals surface area (Å²) in [5, 5.41) is 3.30. The zero-order chi connectivity index (χ0) is 22.5. The van der Waals surface area contributed by atoms with E-state index in [1.54, 1.807) is 42.5 Å². The lowest BCUT2D eigenvalue weighted by atomic mass is 10.0. The van der Waals surface area contributed by atoms with Crippen molar-refractivity contribution in [3.8, 4) is 0 Å². The minimum absolute atomic E-state index is 0.145. The van der Waals surface area contributed by atoms with E-state index in [0.29, 0.717) is 21.8 Å². The average molecular weight is 513 g/mol. The number of carbonyl (C=O) groups is 2. The van der Waals surface area contributed by atoms with Gasteiger partial charge in [0.05, 0.1) is 17.3 Å². The van der Waals surface area contributed by atoms with Crippen molar-refractivity contribution in [2.24, 2.45) is 0 Å². The molecule has 0 saturated carbocycles. The predicted molar refractivity (Wildman–Crippen MR) is 133 cm³/mol. The Morgan fingerprint density at radius 3 is 2.28 bits per heavy atom. The van der Waals surface area contributed by atoms with E-state index < -0.39 is 0 Å². The lowest BCUT2D eigenvalue weighted by molar-refractivity contribution is -0.117. The molecule has 1 fully saturated rings. The molecule has 3 aromatic carbocycles. The quantitative estimate of drug-likeness (QED) is 0.467. The lowest BCUT2D eigenvalue weighted by Crippen LogP contribution is -2.48.